The summed E-state index contributed by atoms with van der Waals surface area (Å²) < 4.78 is 10.7. The Kier molecular flexibility index (Phi) is 4.35. The van der Waals surface area contributed by atoms with Gasteiger partial charge < -0.3 is 14.6 Å². The number of ether oxygens (including phenoxy) is 2. The van der Waals surface area contributed by atoms with Gasteiger partial charge in [-0.15, -0.1) is 0 Å². The average molecular weight is 202 g/mol. The molecule has 0 amide bonds. The van der Waals surface area contributed by atoms with Crippen LogP contribution in [0.5, 0.6) is 0 Å². The molecule has 0 aromatic carbocycles. The lowest BCUT2D eigenvalue weighted by Crippen LogP contribution is -2.31. The fraction of sp³-hybridized carbons (Fsp3) is 1.00. The highest BCUT2D eigenvalue weighted by Crippen LogP contribution is 2.20. The molecule has 84 valence electrons. The maximum atomic E-state index is 9.70. The van der Waals surface area contributed by atoms with E-state index in [-0.39, 0.29) is 11.5 Å². The summed E-state index contributed by atoms with van der Waals surface area (Å²) in [7, 11) is 0. The molecule has 1 heterocycles. The standard InChI is InChI=1S/C11H22O3/c1-11(2,3)10(12)8-14-7-9-4-5-13-6-9/h9-10,12H,4-8H2,1-3H3. The van der Waals surface area contributed by atoms with E-state index in [1.54, 1.807) is 0 Å². The number of hydrogen-bond donors (Lipinski definition) is 1. The van der Waals surface area contributed by atoms with Crippen LogP contribution >= 0.6 is 0 Å². The van der Waals surface area contributed by atoms with Crippen molar-refractivity contribution >= 4 is 0 Å². The van der Waals surface area contributed by atoms with Gasteiger partial charge in [-0.2, -0.15) is 0 Å². The van der Waals surface area contributed by atoms with Crippen molar-refractivity contribution in [3.8, 4) is 0 Å². The smallest absolute Gasteiger partial charge is 0.0821 e. The summed E-state index contributed by atoms with van der Waals surface area (Å²) in [6.07, 6.45) is 0.704. The van der Waals surface area contributed by atoms with Crippen molar-refractivity contribution in [1.82, 2.24) is 0 Å². The van der Waals surface area contributed by atoms with Gasteiger partial charge in [0.05, 0.1) is 25.9 Å². The molecule has 1 fully saturated rings. The molecular formula is C11H22O3. The summed E-state index contributed by atoms with van der Waals surface area (Å²) in [6.45, 7) is 8.85. The van der Waals surface area contributed by atoms with Crippen molar-refractivity contribution in [1.29, 1.82) is 0 Å². The van der Waals surface area contributed by atoms with Crippen LogP contribution in [-0.2, 0) is 9.47 Å². The van der Waals surface area contributed by atoms with Crippen molar-refractivity contribution in [3.05, 3.63) is 0 Å². The second-order valence-corrected chi connectivity index (χ2v) is 5.15. The molecule has 3 nitrogen and oxygen atoms in total. The van der Waals surface area contributed by atoms with Crippen LogP contribution in [0.25, 0.3) is 0 Å². The maximum absolute atomic E-state index is 9.70. The predicted octanol–water partition coefficient (Wildman–Crippen LogP) is 1.45. The predicted molar refractivity (Wildman–Crippen MR) is 55.2 cm³/mol. The van der Waals surface area contributed by atoms with E-state index in [0.717, 1.165) is 19.6 Å². The van der Waals surface area contributed by atoms with E-state index in [4.69, 9.17) is 9.47 Å². The molecule has 1 rings (SSSR count). The van der Waals surface area contributed by atoms with Crippen LogP contribution in [0.3, 0.4) is 0 Å². The van der Waals surface area contributed by atoms with E-state index >= 15 is 0 Å². The molecular weight excluding hydrogens is 180 g/mol. The van der Waals surface area contributed by atoms with Crippen LogP contribution in [0, 0.1) is 11.3 Å². The Bertz CT molecular complexity index is 156. The first-order valence-electron chi connectivity index (χ1n) is 5.33. The van der Waals surface area contributed by atoms with Crippen LogP contribution in [0.15, 0.2) is 0 Å². The highest BCUT2D eigenvalue weighted by atomic mass is 16.5. The Morgan fingerprint density at radius 1 is 1.50 bits per heavy atom. The van der Waals surface area contributed by atoms with Crippen LogP contribution in [0.2, 0.25) is 0 Å². The molecule has 0 aliphatic carbocycles. The van der Waals surface area contributed by atoms with Gasteiger partial charge >= 0.3 is 0 Å². The van der Waals surface area contributed by atoms with Gasteiger partial charge in [0.2, 0.25) is 0 Å². The number of aliphatic hydroxyl groups is 1. The zero-order valence-electron chi connectivity index (χ0n) is 9.45. The zero-order valence-corrected chi connectivity index (χ0v) is 9.45. The summed E-state index contributed by atoms with van der Waals surface area (Å²) in [5, 5.41) is 9.70. The largest absolute Gasteiger partial charge is 0.390 e. The van der Waals surface area contributed by atoms with Crippen molar-refractivity contribution in [3.63, 3.8) is 0 Å². The highest BCUT2D eigenvalue weighted by molar-refractivity contribution is 4.72. The second kappa shape index (κ2) is 5.10. The summed E-state index contributed by atoms with van der Waals surface area (Å²) >= 11 is 0. The van der Waals surface area contributed by atoms with Gasteiger partial charge in [0.1, 0.15) is 0 Å². The van der Waals surface area contributed by atoms with Gasteiger partial charge in [0.25, 0.3) is 0 Å². The number of rotatable bonds is 4. The molecule has 0 aromatic rings. The van der Waals surface area contributed by atoms with Gasteiger partial charge in [0, 0.05) is 12.5 Å². The first kappa shape index (κ1) is 12.0. The van der Waals surface area contributed by atoms with Gasteiger partial charge in [-0.1, -0.05) is 20.8 Å². The van der Waals surface area contributed by atoms with E-state index in [0.29, 0.717) is 19.1 Å². The molecule has 0 spiro atoms. The van der Waals surface area contributed by atoms with E-state index in [9.17, 15) is 5.11 Å². The average Bonchev–Trinajstić information content (AvgIpc) is 2.55. The highest BCUT2D eigenvalue weighted by Gasteiger charge is 2.23. The SMILES string of the molecule is CC(C)(C)C(O)COCC1CCOC1. The summed E-state index contributed by atoms with van der Waals surface area (Å²) in [5.74, 6) is 0.530. The van der Waals surface area contributed by atoms with Gasteiger partial charge in [-0.25, -0.2) is 0 Å². The normalized spacial score (nSPS) is 25.3. The molecule has 0 bridgehead atoms. The third kappa shape index (κ3) is 3.95. The van der Waals surface area contributed by atoms with Crippen LogP contribution in [-0.4, -0.2) is 37.6 Å². The summed E-state index contributed by atoms with van der Waals surface area (Å²) in [4.78, 5) is 0. The van der Waals surface area contributed by atoms with Crippen LogP contribution in [0.1, 0.15) is 27.2 Å². The van der Waals surface area contributed by atoms with Gasteiger partial charge in [-0.3, -0.25) is 0 Å². The molecule has 14 heavy (non-hydrogen) atoms. The lowest BCUT2D eigenvalue weighted by molar-refractivity contribution is -0.0296. The maximum Gasteiger partial charge on any atom is 0.0821 e. The Labute approximate surface area is 86.4 Å². The number of hydrogen-bond acceptors (Lipinski definition) is 3. The van der Waals surface area contributed by atoms with E-state index in [2.05, 4.69) is 0 Å². The molecule has 3 heteroatoms. The van der Waals surface area contributed by atoms with E-state index < -0.39 is 0 Å². The molecule has 0 aromatic heterocycles. The fourth-order valence-electron chi connectivity index (χ4n) is 1.31. The van der Waals surface area contributed by atoms with Gasteiger partial charge in [-0.05, 0) is 11.8 Å². The van der Waals surface area contributed by atoms with E-state index in [1.165, 1.54) is 0 Å². The first-order chi connectivity index (χ1) is 6.50. The Morgan fingerprint density at radius 2 is 2.21 bits per heavy atom. The molecule has 2 atom stereocenters. The minimum absolute atomic E-state index is 0.0911. The molecule has 1 aliphatic heterocycles. The van der Waals surface area contributed by atoms with Crippen molar-refractivity contribution in [2.75, 3.05) is 26.4 Å². The van der Waals surface area contributed by atoms with Crippen LogP contribution < -0.4 is 0 Å². The zero-order chi connectivity index (χ0) is 10.6. The Hall–Kier alpha value is -0.120. The van der Waals surface area contributed by atoms with Crippen molar-refractivity contribution < 1.29 is 14.6 Å². The monoisotopic (exact) mass is 202 g/mol. The summed E-state index contributed by atoms with van der Waals surface area (Å²) in [5.41, 5.74) is -0.0911. The molecule has 0 saturated carbocycles. The molecule has 1 aliphatic rings. The summed E-state index contributed by atoms with van der Waals surface area (Å²) in [6, 6.07) is 0. The minimum Gasteiger partial charge on any atom is -0.390 e. The third-order valence-corrected chi connectivity index (χ3v) is 2.65. The third-order valence-electron chi connectivity index (χ3n) is 2.65. The molecule has 1 saturated heterocycles. The Morgan fingerprint density at radius 3 is 2.71 bits per heavy atom. The lowest BCUT2D eigenvalue weighted by atomic mass is 9.90. The van der Waals surface area contributed by atoms with E-state index in [1.807, 2.05) is 20.8 Å². The first-order valence-corrected chi connectivity index (χ1v) is 5.33. The molecule has 2 unspecified atom stereocenters. The topological polar surface area (TPSA) is 38.7 Å². The van der Waals surface area contributed by atoms with Crippen molar-refractivity contribution in [2.45, 2.75) is 33.3 Å². The fourth-order valence-corrected chi connectivity index (χ4v) is 1.31. The molecule has 1 N–H and O–H groups in total. The quantitative estimate of drug-likeness (QED) is 0.750. The molecule has 0 radical (unpaired) electrons. The Balaban J connectivity index is 2.08. The van der Waals surface area contributed by atoms with Gasteiger partial charge in [0.15, 0.2) is 0 Å². The van der Waals surface area contributed by atoms with Crippen LogP contribution in [0.4, 0.5) is 0 Å². The minimum atomic E-state index is -0.384. The van der Waals surface area contributed by atoms with Crippen molar-refractivity contribution in [2.24, 2.45) is 11.3 Å². The lowest BCUT2D eigenvalue weighted by Gasteiger charge is -2.25. The second-order valence-electron chi connectivity index (χ2n) is 5.15. The number of aliphatic hydroxyl groups excluding tert-OH is 1.